The van der Waals surface area contributed by atoms with Crippen LogP contribution in [0.25, 0.3) is 10.9 Å². The number of para-hydroxylation sites is 1. The minimum absolute atomic E-state index is 0.000228. The normalized spacial score (nSPS) is 14.7. The first-order chi connectivity index (χ1) is 15.7. The highest BCUT2D eigenvalue weighted by molar-refractivity contribution is 7.99. The molecular weight excluding hydrogens is 422 g/mol. The number of likely N-dealkylation sites (tertiary alicyclic amines) is 1. The third-order valence-electron chi connectivity index (χ3n) is 6.03. The van der Waals surface area contributed by atoms with Crippen molar-refractivity contribution in [2.75, 3.05) is 25.4 Å². The summed E-state index contributed by atoms with van der Waals surface area (Å²) >= 11 is 1.31. The zero-order chi connectivity index (χ0) is 22.3. The van der Waals surface area contributed by atoms with Crippen LogP contribution in [0.3, 0.4) is 0 Å². The molecule has 1 aliphatic rings. The van der Waals surface area contributed by atoms with Crippen molar-refractivity contribution in [3.63, 3.8) is 0 Å². The number of fused-ring (bicyclic) bond motifs is 1. The van der Waals surface area contributed by atoms with Crippen molar-refractivity contribution in [3.05, 3.63) is 70.5 Å². The molecule has 0 bridgehead atoms. The van der Waals surface area contributed by atoms with E-state index >= 15 is 0 Å². The van der Waals surface area contributed by atoms with Crippen LogP contribution < -0.4 is 5.56 Å². The number of aromatic nitrogens is 2. The van der Waals surface area contributed by atoms with Gasteiger partial charge in [-0.1, -0.05) is 54.2 Å². The van der Waals surface area contributed by atoms with Crippen molar-refractivity contribution in [1.29, 1.82) is 0 Å². The molecule has 168 valence electrons. The average molecular weight is 452 g/mol. The monoisotopic (exact) mass is 451 g/mol. The van der Waals surface area contributed by atoms with E-state index in [4.69, 9.17) is 0 Å². The summed E-state index contributed by atoms with van der Waals surface area (Å²) in [6.07, 6.45) is 3.56. The van der Waals surface area contributed by atoms with Gasteiger partial charge in [0, 0.05) is 26.2 Å². The second-order valence-corrected chi connectivity index (χ2v) is 9.19. The number of hydrogen-bond acceptors (Lipinski definition) is 5. The number of benzene rings is 2. The molecule has 1 amide bonds. The van der Waals surface area contributed by atoms with Crippen LogP contribution in [0.2, 0.25) is 0 Å². The van der Waals surface area contributed by atoms with Gasteiger partial charge in [0.1, 0.15) is 0 Å². The molecule has 1 N–H and O–H groups in total. The Morgan fingerprint density at radius 2 is 1.78 bits per heavy atom. The number of carbonyl (C=O) groups is 1. The molecule has 0 aliphatic carbocycles. The molecule has 7 heteroatoms. The van der Waals surface area contributed by atoms with E-state index in [0.29, 0.717) is 34.9 Å². The topological polar surface area (TPSA) is 75.4 Å². The van der Waals surface area contributed by atoms with Gasteiger partial charge < -0.3 is 10.0 Å². The van der Waals surface area contributed by atoms with E-state index in [9.17, 15) is 14.7 Å². The molecular formula is C25H29N3O3S. The summed E-state index contributed by atoms with van der Waals surface area (Å²) in [6.45, 7) is 1.94. The highest BCUT2D eigenvalue weighted by Gasteiger charge is 2.23. The number of hydrogen-bond donors (Lipinski definition) is 1. The minimum atomic E-state index is -0.124. The van der Waals surface area contributed by atoms with Crippen LogP contribution in [0.15, 0.2) is 64.5 Å². The summed E-state index contributed by atoms with van der Waals surface area (Å²) in [6, 6.07) is 17.8. The fourth-order valence-corrected chi connectivity index (χ4v) is 5.16. The van der Waals surface area contributed by atoms with Gasteiger partial charge in [-0.05, 0) is 49.3 Å². The average Bonchev–Trinajstić information content (AvgIpc) is 2.83. The summed E-state index contributed by atoms with van der Waals surface area (Å²) in [5.74, 6) is 0.956. The van der Waals surface area contributed by atoms with Gasteiger partial charge in [-0.15, -0.1) is 0 Å². The fourth-order valence-electron chi connectivity index (χ4n) is 4.24. The number of carbonyl (C=O) groups excluding carboxylic acids is 1. The van der Waals surface area contributed by atoms with E-state index in [1.54, 1.807) is 10.6 Å². The summed E-state index contributed by atoms with van der Waals surface area (Å²) in [5, 5.41) is 10.3. The van der Waals surface area contributed by atoms with Gasteiger partial charge in [-0.2, -0.15) is 0 Å². The summed E-state index contributed by atoms with van der Waals surface area (Å²) < 4.78 is 1.59. The van der Waals surface area contributed by atoms with Crippen molar-refractivity contribution in [3.8, 4) is 0 Å². The van der Waals surface area contributed by atoms with Crippen molar-refractivity contribution in [1.82, 2.24) is 14.5 Å². The van der Waals surface area contributed by atoms with Crippen LogP contribution in [0.5, 0.6) is 0 Å². The standard InChI is InChI=1S/C25H29N3O3S/c29-16-6-13-28-24(31)21-9-4-5-10-22(21)26-25(28)32-18-23(30)27-14-11-20(12-15-27)17-19-7-2-1-3-8-19/h1-5,7-10,20,29H,6,11-18H2. The van der Waals surface area contributed by atoms with Crippen LogP contribution in [0, 0.1) is 5.92 Å². The first-order valence-electron chi connectivity index (χ1n) is 11.2. The highest BCUT2D eigenvalue weighted by Crippen LogP contribution is 2.24. The molecule has 32 heavy (non-hydrogen) atoms. The number of nitrogens with zero attached hydrogens (tertiary/aromatic N) is 3. The molecule has 0 unspecified atom stereocenters. The van der Waals surface area contributed by atoms with E-state index < -0.39 is 0 Å². The lowest BCUT2D eigenvalue weighted by atomic mass is 9.90. The predicted octanol–water partition coefficient (Wildman–Crippen LogP) is 3.35. The van der Waals surface area contributed by atoms with E-state index in [-0.39, 0.29) is 23.8 Å². The Bertz CT molecular complexity index is 1110. The first-order valence-corrected chi connectivity index (χ1v) is 12.2. The SMILES string of the molecule is O=C(CSc1nc2ccccc2c(=O)n1CCCO)N1CCC(Cc2ccccc2)CC1. The third-order valence-corrected chi connectivity index (χ3v) is 6.99. The minimum Gasteiger partial charge on any atom is -0.396 e. The summed E-state index contributed by atoms with van der Waals surface area (Å²) in [4.78, 5) is 32.4. The van der Waals surface area contributed by atoms with E-state index in [2.05, 4.69) is 29.2 Å². The predicted molar refractivity (Wildman–Crippen MR) is 128 cm³/mol. The number of aliphatic hydroxyl groups excluding tert-OH is 1. The zero-order valence-corrected chi connectivity index (χ0v) is 19.0. The van der Waals surface area contributed by atoms with Gasteiger partial charge in [0.05, 0.1) is 16.7 Å². The third kappa shape index (κ3) is 5.40. The van der Waals surface area contributed by atoms with Gasteiger partial charge in [-0.25, -0.2) is 4.98 Å². The molecule has 0 spiro atoms. The second kappa shape index (κ2) is 10.8. The molecule has 1 aromatic heterocycles. The van der Waals surface area contributed by atoms with E-state index in [1.807, 2.05) is 29.2 Å². The highest BCUT2D eigenvalue weighted by atomic mass is 32.2. The number of amides is 1. The lowest BCUT2D eigenvalue weighted by Crippen LogP contribution is -2.40. The molecule has 4 rings (SSSR count). The number of rotatable bonds is 8. The van der Waals surface area contributed by atoms with E-state index in [0.717, 1.165) is 32.4 Å². The lowest BCUT2D eigenvalue weighted by molar-refractivity contribution is -0.129. The number of piperidine rings is 1. The van der Waals surface area contributed by atoms with Crippen LogP contribution >= 0.6 is 11.8 Å². The van der Waals surface area contributed by atoms with Crippen molar-refractivity contribution >= 4 is 28.6 Å². The van der Waals surface area contributed by atoms with Gasteiger partial charge in [0.15, 0.2) is 5.16 Å². The molecule has 0 atom stereocenters. The molecule has 6 nitrogen and oxygen atoms in total. The van der Waals surface area contributed by atoms with Crippen molar-refractivity contribution in [2.24, 2.45) is 5.92 Å². The lowest BCUT2D eigenvalue weighted by Gasteiger charge is -2.32. The molecule has 2 heterocycles. The summed E-state index contributed by atoms with van der Waals surface area (Å²) in [5.41, 5.74) is 1.87. The largest absolute Gasteiger partial charge is 0.396 e. The van der Waals surface area contributed by atoms with Gasteiger partial charge in [0.25, 0.3) is 5.56 Å². The Balaban J connectivity index is 1.38. The smallest absolute Gasteiger partial charge is 0.262 e. The first kappa shape index (κ1) is 22.6. The molecule has 0 radical (unpaired) electrons. The van der Waals surface area contributed by atoms with Crippen LogP contribution in [0.4, 0.5) is 0 Å². The fraction of sp³-hybridized carbons (Fsp3) is 0.400. The Morgan fingerprint density at radius 1 is 1.06 bits per heavy atom. The Labute approximate surface area is 192 Å². The molecule has 1 aliphatic heterocycles. The number of thioether (sulfide) groups is 1. The molecule has 2 aromatic carbocycles. The second-order valence-electron chi connectivity index (χ2n) is 8.25. The number of aliphatic hydroxyl groups is 1. The zero-order valence-electron chi connectivity index (χ0n) is 18.2. The molecule has 1 fully saturated rings. The van der Waals surface area contributed by atoms with Crippen molar-refractivity contribution in [2.45, 2.75) is 37.4 Å². The van der Waals surface area contributed by atoms with Gasteiger partial charge in [0.2, 0.25) is 5.91 Å². The summed E-state index contributed by atoms with van der Waals surface area (Å²) in [7, 11) is 0. The van der Waals surface area contributed by atoms with Gasteiger partial charge >= 0.3 is 0 Å². The molecule has 0 saturated carbocycles. The maximum absolute atomic E-state index is 12.9. The Morgan fingerprint density at radius 3 is 2.53 bits per heavy atom. The quantitative estimate of drug-likeness (QED) is 0.420. The van der Waals surface area contributed by atoms with Crippen LogP contribution in [-0.2, 0) is 17.8 Å². The van der Waals surface area contributed by atoms with Gasteiger partial charge in [-0.3, -0.25) is 14.2 Å². The maximum atomic E-state index is 12.9. The van der Waals surface area contributed by atoms with Crippen molar-refractivity contribution < 1.29 is 9.90 Å². The Kier molecular flexibility index (Phi) is 7.60. The molecule has 1 saturated heterocycles. The van der Waals surface area contributed by atoms with E-state index in [1.165, 1.54) is 17.3 Å². The van der Waals surface area contributed by atoms with Crippen LogP contribution in [0.1, 0.15) is 24.8 Å². The maximum Gasteiger partial charge on any atom is 0.262 e. The molecule has 3 aromatic rings. The van der Waals surface area contributed by atoms with Crippen LogP contribution in [-0.4, -0.2) is 50.9 Å². The Hall–Kier alpha value is -2.64.